The van der Waals surface area contributed by atoms with Crippen molar-refractivity contribution in [3.8, 4) is 0 Å². The van der Waals surface area contributed by atoms with Gasteiger partial charge in [-0.05, 0) is 17.1 Å². The van der Waals surface area contributed by atoms with Crippen LogP contribution in [0.3, 0.4) is 0 Å². The quantitative estimate of drug-likeness (QED) is 0.544. The first-order valence-electron chi connectivity index (χ1n) is 4.34. The summed E-state index contributed by atoms with van der Waals surface area (Å²) in [5.41, 5.74) is 1.03. The smallest absolute Gasteiger partial charge is 0.423 e. The lowest BCUT2D eigenvalue weighted by Gasteiger charge is -2.13. The number of benzene rings is 1. The molecule has 0 atom stereocenters. The Morgan fingerprint density at radius 3 is 2.73 bits per heavy atom. The fourth-order valence-corrected chi connectivity index (χ4v) is 1.36. The third-order valence-corrected chi connectivity index (χ3v) is 2.34. The molecule has 4 nitrogen and oxygen atoms in total. The molecular weight excluding hydrogens is 216 g/mol. The van der Waals surface area contributed by atoms with Gasteiger partial charge in [0.1, 0.15) is 0 Å². The molecule has 1 rings (SSSR count). The molecule has 0 aromatic heterocycles. The summed E-state index contributed by atoms with van der Waals surface area (Å²) in [6, 6.07) is 4.66. The second-order valence-electron chi connectivity index (χ2n) is 3.25. The molecule has 6 heteroatoms. The summed E-state index contributed by atoms with van der Waals surface area (Å²) in [6.45, 7) is 0.336. The highest BCUT2D eigenvalue weighted by Crippen LogP contribution is 2.15. The summed E-state index contributed by atoms with van der Waals surface area (Å²) in [6.07, 6.45) is 0.679. The average molecular weight is 227 g/mol. The average Bonchev–Trinajstić information content (AvgIpc) is 2.20. The fourth-order valence-electron chi connectivity index (χ4n) is 1.18. The fraction of sp³-hybridized carbons (Fsp3) is 0.222. The van der Waals surface area contributed by atoms with Gasteiger partial charge in [-0.15, -0.1) is 0 Å². The Bertz CT molecular complexity index is 359. The van der Waals surface area contributed by atoms with Gasteiger partial charge in [0.05, 0.1) is 0 Å². The van der Waals surface area contributed by atoms with Crippen LogP contribution in [0, 0.1) is 0 Å². The van der Waals surface area contributed by atoms with Gasteiger partial charge < -0.3 is 14.9 Å². The molecule has 0 radical (unpaired) electrons. The van der Waals surface area contributed by atoms with Crippen LogP contribution in [0.1, 0.15) is 5.56 Å². The minimum atomic E-state index is -1.53. The molecule has 0 saturated heterocycles. The van der Waals surface area contributed by atoms with E-state index in [1.807, 2.05) is 0 Å². The molecule has 0 aliphatic rings. The monoisotopic (exact) mass is 227 g/mol. The molecule has 1 aromatic rings. The van der Waals surface area contributed by atoms with Crippen molar-refractivity contribution in [1.29, 1.82) is 0 Å². The minimum absolute atomic E-state index is 0.336. The van der Waals surface area contributed by atoms with Crippen LogP contribution in [0.5, 0.6) is 0 Å². The Labute approximate surface area is 93.2 Å². The second kappa shape index (κ2) is 5.16. The van der Waals surface area contributed by atoms with Gasteiger partial charge in [0.2, 0.25) is 6.41 Å². The van der Waals surface area contributed by atoms with Crippen molar-refractivity contribution in [2.75, 3.05) is 7.05 Å². The van der Waals surface area contributed by atoms with Crippen molar-refractivity contribution in [3.05, 3.63) is 28.8 Å². The van der Waals surface area contributed by atoms with E-state index in [0.29, 0.717) is 29.0 Å². The summed E-state index contributed by atoms with van der Waals surface area (Å²) in [5, 5.41) is 18.4. The maximum atomic E-state index is 10.4. The van der Waals surface area contributed by atoms with Gasteiger partial charge in [-0.25, -0.2) is 0 Å². The van der Waals surface area contributed by atoms with Gasteiger partial charge in [0.15, 0.2) is 0 Å². The summed E-state index contributed by atoms with van der Waals surface area (Å²) >= 11 is 5.90. The van der Waals surface area contributed by atoms with E-state index in [1.54, 1.807) is 19.2 Å². The number of carbonyl (C=O) groups is 1. The van der Waals surface area contributed by atoms with Crippen LogP contribution >= 0.6 is 11.6 Å². The molecule has 2 N–H and O–H groups in total. The van der Waals surface area contributed by atoms with Gasteiger partial charge in [-0.3, -0.25) is 4.79 Å². The van der Waals surface area contributed by atoms with E-state index in [-0.39, 0.29) is 0 Å². The SMILES string of the molecule is CN(C=O)Cc1cc(B(O)O)ccc1Cl. The highest BCUT2D eigenvalue weighted by Gasteiger charge is 2.13. The Balaban J connectivity index is 2.95. The Morgan fingerprint density at radius 1 is 1.53 bits per heavy atom. The van der Waals surface area contributed by atoms with Crippen molar-refractivity contribution in [3.63, 3.8) is 0 Å². The molecule has 1 amide bonds. The van der Waals surface area contributed by atoms with Crippen LogP contribution in [0.2, 0.25) is 5.02 Å². The van der Waals surface area contributed by atoms with Gasteiger partial charge in [-0.2, -0.15) is 0 Å². The highest BCUT2D eigenvalue weighted by atomic mass is 35.5. The lowest BCUT2D eigenvalue weighted by atomic mass is 9.79. The minimum Gasteiger partial charge on any atom is -0.423 e. The van der Waals surface area contributed by atoms with Crippen LogP contribution in [0.25, 0.3) is 0 Å². The Hall–Kier alpha value is -1.04. The zero-order chi connectivity index (χ0) is 11.4. The molecule has 1 aromatic carbocycles. The molecule has 0 bridgehead atoms. The molecule has 15 heavy (non-hydrogen) atoms. The number of hydrogen-bond donors (Lipinski definition) is 2. The van der Waals surface area contributed by atoms with Gasteiger partial charge in [-0.1, -0.05) is 23.7 Å². The number of halogens is 1. The Kier molecular flexibility index (Phi) is 4.14. The van der Waals surface area contributed by atoms with E-state index in [0.717, 1.165) is 0 Å². The molecule has 0 spiro atoms. The summed E-state index contributed by atoms with van der Waals surface area (Å²) in [7, 11) is 0.0910. The number of nitrogens with zero attached hydrogens (tertiary/aromatic N) is 1. The summed E-state index contributed by atoms with van der Waals surface area (Å²) in [4.78, 5) is 11.8. The predicted octanol–water partition coefficient (Wildman–Crippen LogP) is -0.392. The van der Waals surface area contributed by atoms with Crippen LogP contribution in [-0.2, 0) is 11.3 Å². The van der Waals surface area contributed by atoms with E-state index >= 15 is 0 Å². The molecule has 0 unspecified atom stereocenters. The standard InChI is InChI=1S/C9H11BClNO3/c1-12(6-13)5-7-4-8(10(14)15)2-3-9(7)11/h2-4,6,14-15H,5H2,1H3. The van der Waals surface area contributed by atoms with E-state index in [4.69, 9.17) is 21.6 Å². The maximum Gasteiger partial charge on any atom is 0.488 e. The zero-order valence-electron chi connectivity index (χ0n) is 8.22. The van der Waals surface area contributed by atoms with Crippen molar-refractivity contribution in [2.45, 2.75) is 6.54 Å². The lowest BCUT2D eigenvalue weighted by molar-refractivity contribution is -0.117. The molecule has 80 valence electrons. The largest absolute Gasteiger partial charge is 0.488 e. The molecule has 0 fully saturated rings. The molecular formula is C9H11BClNO3. The van der Waals surface area contributed by atoms with Crippen LogP contribution in [-0.4, -0.2) is 35.5 Å². The summed E-state index contributed by atoms with van der Waals surface area (Å²) < 4.78 is 0. The number of hydrogen-bond acceptors (Lipinski definition) is 3. The van der Waals surface area contributed by atoms with E-state index in [2.05, 4.69) is 0 Å². The molecule has 0 saturated carbocycles. The number of carbonyl (C=O) groups excluding carboxylic acids is 1. The van der Waals surface area contributed by atoms with Crippen molar-refractivity contribution >= 4 is 30.6 Å². The second-order valence-corrected chi connectivity index (χ2v) is 3.65. The number of amides is 1. The third-order valence-electron chi connectivity index (χ3n) is 1.97. The molecule has 0 aliphatic heterocycles. The Morgan fingerprint density at radius 2 is 2.20 bits per heavy atom. The van der Waals surface area contributed by atoms with Gasteiger partial charge >= 0.3 is 7.12 Å². The first-order chi connectivity index (χ1) is 7.04. The van der Waals surface area contributed by atoms with E-state index in [1.165, 1.54) is 11.0 Å². The van der Waals surface area contributed by atoms with Crippen LogP contribution in [0.15, 0.2) is 18.2 Å². The zero-order valence-corrected chi connectivity index (χ0v) is 8.98. The normalized spacial score (nSPS) is 9.87. The molecule has 0 heterocycles. The van der Waals surface area contributed by atoms with Gasteiger partial charge in [0.25, 0.3) is 0 Å². The number of rotatable bonds is 4. The first kappa shape index (κ1) is 12.0. The van der Waals surface area contributed by atoms with E-state index < -0.39 is 7.12 Å². The molecule has 0 aliphatic carbocycles. The van der Waals surface area contributed by atoms with Crippen LogP contribution < -0.4 is 5.46 Å². The summed E-state index contributed by atoms with van der Waals surface area (Å²) in [5.74, 6) is 0. The highest BCUT2D eigenvalue weighted by molar-refractivity contribution is 6.58. The topological polar surface area (TPSA) is 60.8 Å². The van der Waals surface area contributed by atoms with Crippen LogP contribution in [0.4, 0.5) is 0 Å². The first-order valence-corrected chi connectivity index (χ1v) is 4.72. The van der Waals surface area contributed by atoms with Crippen molar-refractivity contribution < 1.29 is 14.8 Å². The predicted molar refractivity (Wildman–Crippen MR) is 58.8 cm³/mol. The third kappa shape index (κ3) is 3.23. The van der Waals surface area contributed by atoms with E-state index in [9.17, 15) is 4.79 Å². The van der Waals surface area contributed by atoms with Crippen molar-refractivity contribution in [2.24, 2.45) is 0 Å². The lowest BCUT2D eigenvalue weighted by Crippen LogP contribution is -2.30. The maximum absolute atomic E-state index is 10.4. The van der Waals surface area contributed by atoms with Crippen molar-refractivity contribution in [1.82, 2.24) is 4.90 Å². The van der Waals surface area contributed by atoms with Gasteiger partial charge in [0, 0.05) is 18.6 Å².